The summed E-state index contributed by atoms with van der Waals surface area (Å²) in [6.07, 6.45) is 0.0918. The van der Waals surface area contributed by atoms with E-state index in [9.17, 15) is 13.2 Å². The van der Waals surface area contributed by atoms with Gasteiger partial charge in [-0.1, -0.05) is 34.8 Å². The Morgan fingerprint density at radius 1 is 1.04 bits per heavy atom. The minimum absolute atomic E-state index is 0.0175. The van der Waals surface area contributed by atoms with Gasteiger partial charge in [-0.25, -0.2) is 8.42 Å². The van der Waals surface area contributed by atoms with Crippen molar-refractivity contribution in [1.29, 1.82) is 0 Å². The van der Waals surface area contributed by atoms with Crippen LogP contribution in [0.25, 0.3) is 0 Å². The molecule has 0 fully saturated rings. The first kappa shape index (κ1) is 17.2. The molecule has 0 unspecified atom stereocenters. The number of rotatable bonds is 3. The number of hydrogen-bond acceptors (Lipinski definition) is 4. The van der Waals surface area contributed by atoms with E-state index in [0.717, 1.165) is 0 Å². The largest absolute Gasteiger partial charge is 0.396 e. The molecule has 0 atom stereocenters. The van der Waals surface area contributed by atoms with Gasteiger partial charge in [-0.05, 0) is 29.8 Å². The molecule has 0 spiro atoms. The molecule has 6 nitrogen and oxygen atoms in total. The van der Waals surface area contributed by atoms with Crippen LogP contribution in [0, 0.1) is 0 Å². The van der Waals surface area contributed by atoms with Gasteiger partial charge in [-0.15, -0.1) is 0 Å². The number of carbonyl (C=O) groups excluding carboxylic acids is 1. The Morgan fingerprint density at radius 3 is 2.29 bits per heavy atom. The zero-order chi connectivity index (χ0) is 17.6. The van der Waals surface area contributed by atoms with E-state index in [2.05, 4.69) is 10.0 Å². The lowest BCUT2D eigenvalue weighted by molar-refractivity contribution is -0.115. The number of nitrogens with two attached hydrogens (primary N) is 1. The highest BCUT2D eigenvalue weighted by Crippen LogP contribution is 2.35. The molecule has 4 N–H and O–H groups in total. The smallest absolute Gasteiger partial charge is 0.263 e. The zero-order valence-corrected chi connectivity index (χ0v) is 14.9. The van der Waals surface area contributed by atoms with E-state index in [-0.39, 0.29) is 43.7 Å². The second-order valence-electron chi connectivity index (χ2n) is 5.12. The van der Waals surface area contributed by atoms with Crippen LogP contribution in [0.2, 0.25) is 15.1 Å². The summed E-state index contributed by atoms with van der Waals surface area (Å²) in [6, 6.07) is 5.44. The maximum atomic E-state index is 12.6. The number of anilines is 3. The van der Waals surface area contributed by atoms with Gasteiger partial charge in [-0.2, -0.15) is 0 Å². The summed E-state index contributed by atoms with van der Waals surface area (Å²) in [4.78, 5) is 11.3. The predicted octanol–water partition coefficient (Wildman–Crippen LogP) is 3.52. The Balaban J connectivity index is 2.00. The summed E-state index contributed by atoms with van der Waals surface area (Å²) in [6.45, 7) is 0. The van der Waals surface area contributed by atoms with Gasteiger partial charge < -0.3 is 11.1 Å². The van der Waals surface area contributed by atoms with E-state index < -0.39 is 10.0 Å². The molecule has 0 saturated carbocycles. The van der Waals surface area contributed by atoms with Gasteiger partial charge in [-0.3, -0.25) is 9.52 Å². The summed E-state index contributed by atoms with van der Waals surface area (Å²) in [5, 5.41) is 2.82. The Morgan fingerprint density at radius 2 is 1.67 bits per heavy atom. The summed E-state index contributed by atoms with van der Waals surface area (Å²) < 4.78 is 27.5. The summed E-state index contributed by atoms with van der Waals surface area (Å²) in [5.74, 6) is -0.222. The Kier molecular flexibility index (Phi) is 4.29. The third-order valence-corrected chi connectivity index (χ3v) is 5.88. The van der Waals surface area contributed by atoms with Crippen LogP contribution in [-0.4, -0.2) is 14.3 Å². The fraction of sp³-hybridized carbons (Fsp3) is 0.0714. The maximum Gasteiger partial charge on any atom is 0.263 e. The molecule has 1 heterocycles. The van der Waals surface area contributed by atoms with Crippen molar-refractivity contribution in [3.63, 3.8) is 0 Å². The molecule has 2 aromatic carbocycles. The van der Waals surface area contributed by atoms with Crippen LogP contribution >= 0.6 is 34.8 Å². The molecule has 1 aliphatic heterocycles. The van der Waals surface area contributed by atoms with E-state index >= 15 is 0 Å². The molecule has 1 aliphatic rings. The van der Waals surface area contributed by atoms with Crippen molar-refractivity contribution in [2.45, 2.75) is 11.3 Å². The van der Waals surface area contributed by atoms with Crippen molar-refractivity contribution >= 4 is 67.8 Å². The molecule has 0 aromatic heterocycles. The first-order valence-electron chi connectivity index (χ1n) is 6.57. The number of sulfonamides is 1. The van der Waals surface area contributed by atoms with Crippen LogP contribution in [0.3, 0.4) is 0 Å². The molecular weight excluding hydrogens is 397 g/mol. The van der Waals surface area contributed by atoms with E-state index in [1.54, 1.807) is 0 Å². The Bertz CT molecular complexity index is 954. The summed E-state index contributed by atoms with van der Waals surface area (Å²) in [7, 11) is -4.01. The average Bonchev–Trinajstić information content (AvgIpc) is 2.82. The van der Waals surface area contributed by atoms with Gasteiger partial charge >= 0.3 is 0 Å². The first-order chi connectivity index (χ1) is 11.2. The second kappa shape index (κ2) is 6.00. The Hall–Kier alpha value is -1.67. The molecule has 0 saturated heterocycles. The molecule has 10 heteroatoms. The van der Waals surface area contributed by atoms with E-state index in [4.69, 9.17) is 40.5 Å². The molecule has 0 bridgehead atoms. The third-order valence-electron chi connectivity index (χ3n) is 3.40. The van der Waals surface area contributed by atoms with Crippen LogP contribution in [0.5, 0.6) is 0 Å². The van der Waals surface area contributed by atoms with Crippen LogP contribution in [-0.2, 0) is 21.2 Å². The quantitative estimate of drug-likeness (QED) is 0.679. The van der Waals surface area contributed by atoms with Crippen molar-refractivity contribution in [2.24, 2.45) is 0 Å². The van der Waals surface area contributed by atoms with Crippen molar-refractivity contribution < 1.29 is 13.2 Å². The minimum Gasteiger partial charge on any atom is -0.396 e. The number of amides is 1. The summed E-state index contributed by atoms with van der Waals surface area (Å²) >= 11 is 17.9. The number of fused-ring (bicyclic) bond motifs is 1. The fourth-order valence-electron chi connectivity index (χ4n) is 2.28. The highest BCUT2D eigenvalue weighted by molar-refractivity contribution is 7.92. The second-order valence-corrected chi connectivity index (χ2v) is 8.00. The number of nitrogen functional groups attached to an aromatic ring is 1. The lowest BCUT2D eigenvalue weighted by atomic mass is 10.2. The van der Waals surface area contributed by atoms with E-state index in [1.165, 1.54) is 24.3 Å². The normalized spacial score (nSPS) is 13.5. The van der Waals surface area contributed by atoms with Crippen molar-refractivity contribution in [3.05, 3.63) is 44.9 Å². The molecular formula is C14H10Cl3N3O3S. The third kappa shape index (κ3) is 3.12. The standard InChI is InChI=1S/C14H10Cl3N3O3S/c15-8-5-11-6(2-13(21)19-11)1-12(8)24(22,23)20-7-3-9(16)14(18)10(17)4-7/h1,3-5,20H,2,18H2,(H,19,21). The monoisotopic (exact) mass is 405 g/mol. The van der Waals surface area contributed by atoms with Gasteiger partial charge in [0.05, 0.1) is 32.9 Å². The number of benzene rings is 2. The lowest BCUT2D eigenvalue weighted by Crippen LogP contribution is -2.14. The number of halogens is 3. The van der Waals surface area contributed by atoms with Gasteiger partial charge in [0.15, 0.2) is 0 Å². The number of nitrogens with one attached hydrogen (secondary N) is 2. The molecule has 24 heavy (non-hydrogen) atoms. The molecule has 1 amide bonds. The zero-order valence-electron chi connectivity index (χ0n) is 11.9. The molecule has 3 rings (SSSR count). The van der Waals surface area contributed by atoms with Crippen LogP contribution in [0.1, 0.15) is 5.56 Å². The highest BCUT2D eigenvalue weighted by Gasteiger charge is 2.25. The molecule has 2 aromatic rings. The fourth-order valence-corrected chi connectivity index (χ4v) is 4.39. The number of hydrogen-bond donors (Lipinski definition) is 3. The topological polar surface area (TPSA) is 101 Å². The van der Waals surface area contributed by atoms with E-state index in [1.807, 2.05) is 0 Å². The van der Waals surface area contributed by atoms with Crippen LogP contribution < -0.4 is 15.8 Å². The Labute approximate surface area is 152 Å². The SMILES string of the molecule is Nc1c(Cl)cc(NS(=O)(=O)c2cc3c(cc2Cl)NC(=O)C3)cc1Cl. The van der Waals surface area contributed by atoms with Crippen LogP contribution in [0.4, 0.5) is 17.1 Å². The van der Waals surface area contributed by atoms with Gasteiger partial charge in [0.1, 0.15) is 4.90 Å². The van der Waals surface area contributed by atoms with E-state index in [0.29, 0.717) is 11.3 Å². The predicted molar refractivity (Wildman–Crippen MR) is 95.5 cm³/mol. The molecule has 0 radical (unpaired) electrons. The first-order valence-corrected chi connectivity index (χ1v) is 9.18. The van der Waals surface area contributed by atoms with Crippen molar-refractivity contribution in [2.75, 3.05) is 15.8 Å². The maximum absolute atomic E-state index is 12.6. The van der Waals surface area contributed by atoms with Gasteiger partial charge in [0, 0.05) is 5.69 Å². The van der Waals surface area contributed by atoms with Crippen molar-refractivity contribution in [1.82, 2.24) is 0 Å². The van der Waals surface area contributed by atoms with Crippen molar-refractivity contribution in [3.8, 4) is 0 Å². The highest BCUT2D eigenvalue weighted by atomic mass is 35.5. The van der Waals surface area contributed by atoms with Gasteiger partial charge in [0.2, 0.25) is 5.91 Å². The number of carbonyl (C=O) groups is 1. The average molecular weight is 407 g/mol. The molecule has 0 aliphatic carbocycles. The minimum atomic E-state index is -4.01. The van der Waals surface area contributed by atoms with Gasteiger partial charge in [0.25, 0.3) is 10.0 Å². The lowest BCUT2D eigenvalue weighted by Gasteiger charge is -2.12. The summed E-state index contributed by atoms with van der Waals surface area (Å²) in [5.41, 5.74) is 6.98. The van der Waals surface area contributed by atoms with Crippen LogP contribution in [0.15, 0.2) is 29.2 Å². The molecule has 126 valence electrons.